The number of likely N-dealkylation sites (tertiary alicyclic amines) is 1. The molecular weight excluding hydrogens is 276 g/mol. The van der Waals surface area contributed by atoms with Crippen LogP contribution in [0.5, 0.6) is 0 Å². The fraction of sp³-hybridized carbons (Fsp3) is 0.824. The van der Waals surface area contributed by atoms with Gasteiger partial charge in [0, 0.05) is 42.5 Å². The first-order valence-corrected chi connectivity index (χ1v) is 8.83. The third-order valence-corrected chi connectivity index (χ3v) is 5.51. The van der Waals surface area contributed by atoms with Crippen LogP contribution < -0.4 is 5.32 Å². The number of hydrogen-bond acceptors (Lipinski definition) is 4. The molecule has 2 fully saturated rings. The Morgan fingerprint density at radius 3 is 2.64 bits per heavy atom. The minimum absolute atomic E-state index is 0.106. The molecule has 124 valence electrons. The maximum Gasteiger partial charge on any atom is 0.0695 e. The van der Waals surface area contributed by atoms with Crippen LogP contribution in [0.15, 0.2) is 6.20 Å². The highest BCUT2D eigenvalue weighted by Crippen LogP contribution is 2.26. The smallest absolute Gasteiger partial charge is 0.0695 e. The Morgan fingerprint density at radius 2 is 2.00 bits per heavy atom. The molecule has 22 heavy (non-hydrogen) atoms. The summed E-state index contributed by atoms with van der Waals surface area (Å²) in [6.07, 6.45) is 8.79. The van der Waals surface area contributed by atoms with Gasteiger partial charge in [0.05, 0.1) is 12.3 Å². The zero-order valence-electron chi connectivity index (χ0n) is 13.9. The van der Waals surface area contributed by atoms with Crippen molar-refractivity contribution in [2.45, 2.75) is 76.6 Å². The van der Waals surface area contributed by atoms with Gasteiger partial charge in [-0.15, -0.1) is 0 Å². The number of nitrogens with zero attached hydrogens (tertiary/aromatic N) is 2. The number of aromatic amines is 1. The molecule has 0 radical (unpaired) electrons. The van der Waals surface area contributed by atoms with E-state index in [0.717, 1.165) is 25.2 Å². The number of aliphatic hydroxyl groups is 1. The molecule has 5 heteroatoms. The Bertz CT molecular complexity index is 467. The molecule has 1 saturated heterocycles. The van der Waals surface area contributed by atoms with Gasteiger partial charge in [0.2, 0.25) is 0 Å². The highest BCUT2D eigenvalue weighted by atomic mass is 16.3. The molecule has 1 aliphatic heterocycles. The molecule has 0 aromatic carbocycles. The molecule has 5 nitrogen and oxygen atoms in total. The zero-order chi connectivity index (χ0) is 15.5. The van der Waals surface area contributed by atoms with Gasteiger partial charge in [-0.25, -0.2) is 0 Å². The molecule has 0 amide bonds. The van der Waals surface area contributed by atoms with E-state index in [1.54, 1.807) is 0 Å². The van der Waals surface area contributed by atoms with Crippen molar-refractivity contribution < 1.29 is 5.11 Å². The standard InChI is InChI=1S/C17H30N4O/c1-12(15-11-18-20-13(15)2)19-14-7-9-21(10-8-14)16-5-3-4-6-17(16)22/h11-12,14,16-17,19,22H,3-10H2,1-2H3,(H,18,20). The third kappa shape index (κ3) is 3.53. The predicted molar refractivity (Wildman–Crippen MR) is 87.7 cm³/mol. The molecule has 3 atom stereocenters. The first kappa shape index (κ1) is 16.0. The maximum absolute atomic E-state index is 10.2. The monoisotopic (exact) mass is 306 g/mol. The van der Waals surface area contributed by atoms with E-state index in [-0.39, 0.29) is 6.10 Å². The number of piperidine rings is 1. The van der Waals surface area contributed by atoms with E-state index in [1.807, 2.05) is 6.20 Å². The Labute approximate surface area is 133 Å². The second-order valence-electron chi connectivity index (χ2n) is 7.07. The summed E-state index contributed by atoms with van der Waals surface area (Å²) in [4.78, 5) is 2.52. The molecule has 1 aliphatic carbocycles. The highest BCUT2D eigenvalue weighted by Gasteiger charge is 2.31. The molecule has 1 aromatic heterocycles. The first-order valence-electron chi connectivity index (χ1n) is 8.83. The summed E-state index contributed by atoms with van der Waals surface area (Å²) in [5.74, 6) is 0. The van der Waals surface area contributed by atoms with Crippen LogP contribution >= 0.6 is 0 Å². The summed E-state index contributed by atoms with van der Waals surface area (Å²) in [7, 11) is 0. The molecule has 1 saturated carbocycles. The average molecular weight is 306 g/mol. The average Bonchev–Trinajstić information content (AvgIpc) is 2.95. The van der Waals surface area contributed by atoms with Crippen LogP contribution in [0.3, 0.4) is 0 Å². The summed E-state index contributed by atoms with van der Waals surface area (Å²) in [6.45, 7) is 6.51. The summed E-state index contributed by atoms with van der Waals surface area (Å²) in [6, 6.07) is 1.32. The molecule has 2 heterocycles. The Balaban J connectivity index is 1.48. The molecule has 3 unspecified atom stereocenters. The van der Waals surface area contributed by atoms with Crippen molar-refractivity contribution in [3.8, 4) is 0 Å². The van der Waals surface area contributed by atoms with E-state index < -0.39 is 0 Å². The van der Waals surface area contributed by atoms with Crippen molar-refractivity contribution in [1.82, 2.24) is 20.4 Å². The van der Waals surface area contributed by atoms with Gasteiger partial charge in [0.1, 0.15) is 0 Å². The zero-order valence-corrected chi connectivity index (χ0v) is 13.9. The topological polar surface area (TPSA) is 64.2 Å². The van der Waals surface area contributed by atoms with Crippen LogP contribution in [-0.4, -0.2) is 51.5 Å². The van der Waals surface area contributed by atoms with E-state index in [9.17, 15) is 5.11 Å². The van der Waals surface area contributed by atoms with Crippen molar-refractivity contribution in [2.75, 3.05) is 13.1 Å². The first-order chi connectivity index (χ1) is 10.6. The number of aliphatic hydroxyl groups excluding tert-OH is 1. The van der Waals surface area contributed by atoms with E-state index >= 15 is 0 Å². The third-order valence-electron chi connectivity index (χ3n) is 5.51. The van der Waals surface area contributed by atoms with E-state index in [1.165, 1.54) is 37.7 Å². The molecule has 1 aromatic rings. The lowest BCUT2D eigenvalue weighted by atomic mass is 9.89. The molecule has 2 aliphatic rings. The van der Waals surface area contributed by atoms with Crippen LogP contribution in [0.2, 0.25) is 0 Å². The predicted octanol–water partition coefficient (Wildman–Crippen LogP) is 2.14. The molecule has 0 bridgehead atoms. The van der Waals surface area contributed by atoms with Gasteiger partial charge in [-0.2, -0.15) is 5.10 Å². The van der Waals surface area contributed by atoms with Crippen LogP contribution in [0, 0.1) is 6.92 Å². The molecule has 0 spiro atoms. The minimum atomic E-state index is -0.106. The van der Waals surface area contributed by atoms with Gasteiger partial charge < -0.3 is 10.4 Å². The van der Waals surface area contributed by atoms with E-state index in [4.69, 9.17) is 0 Å². The van der Waals surface area contributed by atoms with Crippen LogP contribution in [-0.2, 0) is 0 Å². The lowest BCUT2D eigenvalue weighted by Crippen LogP contribution is -2.51. The number of aryl methyl sites for hydroxylation is 1. The van der Waals surface area contributed by atoms with Crippen molar-refractivity contribution in [3.05, 3.63) is 17.5 Å². The molecule has 3 N–H and O–H groups in total. The maximum atomic E-state index is 10.2. The van der Waals surface area contributed by atoms with Gasteiger partial charge in [-0.05, 0) is 39.5 Å². The Morgan fingerprint density at radius 1 is 1.27 bits per heavy atom. The second kappa shape index (κ2) is 7.11. The number of rotatable bonds is 4. The van der Waals surface area contributed by atoms with Crippen LogP contribution in [0.4, 0.5) is 0 Å². The van der Waals surface area contributed by atoms with Crippen molar-refractivity contribution in [2.24, 2.45) is 0 Å². The lowest BCUT2D eigenvalue weighted by molar-refractivity contribution is 0.00670. The fourth-order valence-electron chi connectivity index (χ4n) is 4.16. The number of H-pyrrole nitrogens is 1. The summed E-state index contributed by atoms with van der Waals surface area (Å²) >= 11 is 0. The van der Waals surface area contributed by atoms with Gasteiger partial charge in [-0.1, -0.05) is 12.8 Å². The molecular formula is C17H30N4O. The van der Waals surface area contributed by atoms with Gasteiger partial charge >= 0.3 is 0 Å². The summed E-state index contributed by atoms with van der Waals surface area (Å²) in [5.41, 5.74) is 2.42. The van der Waals surface area contributed by atoms with Crippen molar-refractivity contribution in [1.29, 1.82) is 0 Å². The Kier molecular flexibility index (Phi) is 5.16. The van der Waals surface area contributed by atoms with Gasteiger partial charge in [-0.3, -0.25) is 10.00 Å². The quantitative estimate of drug-likeness (QED) is 0.797. The minimum Gasteiger partial charge on any atom is -0.391 e. The number of nitrogens with one attached hydrogen (secondary N) is 2. The largest absolute Gasteiger partial charge is 0.391 e. The lowest BCUT2D eigenvalue weighted by Gasteiger charge is -2.42. The van der Waals surface area contributed by atoms with Gasteiger partial charge in [0.15, 0.2) is 0 Å². The summed E-state index contributed by atoms with van der Waals surface area (Å²) in [5, 5.41) is 21.1. The fourth-order valence-corrected chi connectivity index (χ4v) is 4.16. The SMILES string of the molecule is Cc1[nH]ncc1C(C)NC1CCN(C2CCCCC2O)CC1. The number of hydrogen-bond donors (Lipinski definition) is 3. The van der Waals surface area contributed by atoms with E-state index in [0.29, 0.717) is 18.1 Å². The normalized spacial score (nSPS) is 29.6. The second-order valence-corrected chi connectivity index (χ2v) is 7.07. The molecule has 3 rings (SSSR count). The highest BCUT2D eigenvalue weighted by molar-refractivity contribution is 5.18. The Hall–Kier alpha value is -0.910. The summed E-state index contributed by atoms with van der Waals surface area (Å²) < 4.78 is 0. The van der Waals surface area contributed by atoms with Crippen molar-refractivity contribution in [3.63, 3.8) is 0 Å². The van der Waals surface area contributed by atoms with Crippen LogP contribution in [0.25, 0.3) is 0 Å². The number of aromatic nitrogens is 2. The van der Waals surface area contributed by atoms with E-state index in [2.05, 4.69) is 34.3 Å². The van der Waals surface area contributed by atoms with Gasteiger partial charge in [0.25, 0.3) is 0 Å². The van der Waals surface area contributed by atoms with Crippen molar-refractivity contribution >= 4 is 0 Å². The van der Waals surface area contributed by atoms with Crippen LogP contribution in [0.1, 0.15) is 62.7 Å².